The van der Waals surface area contributed by atoms with Crippen LogP contribution in [0.3, 0.4) is 0 Å². The summed E-state index contributed by atoms with van der Waals surface area (Å²) in [7, 11) is 1.79. The lowest BCUT2D eigenvalue weighted by Crippen LogP contribution is -2.44. The lowest BCUT2D eigenvalue weighted by molar-refractivity contribution is -0.136. The van der Waals surface area contributed by atoms with Gasteiger partial charge < -0.3 is 10.2 Å². The van der Waals surface area contributed by atoms with Gasteiger partial charge in [0.25, 0.3) is 0 Å². The van der Waals surface area contributed by atoms with Gasteiger partial charge in [-0.1, -0.05) is 20.8 Å². The quantitative estimate of drug-likeness (QED) is 0.827. The number of nitrogens with zero attached hydrogens (tertiary/aromatic N) is 3. The van der Waals surface area contributed by atoms with E-state index >= 15 is 0 Å². The van der Waals surface area contributed by atoms with Gasteiger partial charge in [-0.05, 0) is 41.6 Å². The fourth-order valence-corrected chi connectivity index (χ4v) is 3.11. The van der Waals surface area contributed by atoms with E-state index in [4.69, 9.17) is 0 Å². The van der Waals surface area contributed by atoms with Crippen molar-refractivity contribution in [1.82, 2.24) is 20.2 Å². The van der Waals surface area contributed by atoms with E-state index in [9.17, 15) is 9.59 Å². The van der Waals surface area contributed by atoms with Crippen molar-refractivity contribution in [2.24, 2.45) is 11.3 Å². The minimum atomic E-state index is -0.377. The van der Waals surface area contributed by atoms with Gasteiger partial charge in [0.2, 0.25) is 11.8 Å². The van der Waals surface area contributed by atoms with Crippen molar-refractivity contribution in [3.8, 4) is 0 Å². The van der Waals surface area contributed by atoms with Crippen molar-refractivity contribution in [2.45, 2.75) is 59.0 Å². The van der Waals surface area contributed by atoms with Crippen LogP contribution in [0, 0.1) is 11.3 Å². The van der Waals surface area contributed by atoms with E-state index in [1.165, 1.54) is 0 Å². The second kappa shape index (κ2) is 8.25. The third-order valence-corrected chi connectivity index (χ3v) is 4.93. The predicted molar refractivity (Wildman–Crippen MR) is 99.5 cm³/mol. The molecule has 0 saturated heterocycles. The number of hydrogen-bond donors (Lipinski definition) is 1. The van der Waals surface area contributed by atoms with Crippen LogP contribution in [-0.4, -0.2) is 39.8 Å². The second-order valence-corrected chi connectivity index (χ2v) is 8.70. The van der Waals surface area contributed by atoms with Crippen molar-refractivity contribution >= 4 is 27.7 Å². The molecular formula is C18H27BrN4O2. The van der Waals surface area contributed by atoms with E-state index in [0.29, 0.717) is 12.4 Å². The Kier molecular flexibility index (Phi) is 6.54. The summed E-state index contributed by atoms with van der Waals surface area (Å²) in [6, 6.07) is 0.177. The Morgan fingerprint density at radius 2 is 1.76 bits per heavy atom. The molecule has 1 fully saturated rings. The molecule has 2 amide bonds. The average Bonchev–Trinajstić information content (AvgIpc) is 2.56. The highest BCUT2D eigenvalue weighted by molar-refractivity contribution is 9.10. The molecule has 1 aliphatic carbocycles. The summed E-state index contributed by atoms with van der Waals surface area (Å²) in [6.45, 7) is 6.15. The van der Waals surface area contributed by atoms with Crippen molar-refractivity contribution in [2.75, 3.05) is 7.05 Å². The highest BCUT2D eigenvalue weighted by atomic mass is 79.9. The fraction of sp³-hybridized carbons (Fsp3) is 0.667. The van der Waals surface area contributed by atoms with Crippen LogP contribution in [0.4, 0.5) is 0 Å². The summed E-state index contributed by atoms with van der Waals surface area (Å²) in [5.74, 6) is 0.854. The zero-order valence-corrected chi connectivity index (χ0v) is 17.0. The van der Waals surface area contributed by atoms with E-state index in [1.807, 2.05) is 20.8 Å². The summed E-state index contributed by atoms with van der Waals surface area (Å²) in [6.07, 6.45) is 6.67. The molecule has 1 heterocycles. The van der Waals surface area contributed by atoms with Gasteiger partial charge in [0.1, 0.15) is 5.82 Å². The second-order valence-electron chi connectivity index (χ2n) is 7.78. The van der Waals surface area contributed by atoms with Gasteiger partial charge in [-0.15, -0.1) is 0 Å². The molecule has 1 aromatic heterocycles. The lowest BCUT2D eigenvalue weighted by Gasteiger charge is -2.32. The summed E-state index contributed by atoms with van der Waals surface area (Å²) < 4.78 is 0.820. The first-order valence-corrected chi connectivity index (χ1v) is 9.48. The van der Waals surface area contributed by atoms with Crippen molar-refractivity contribution in [1.29, 1.82) is 0 Å². The smallest absolute Gasteiger partial charge is 0.225 e. The number of halogens is 1. The lowest BCUT2D eigenvalue weighted by atomic mass is 9.84. The number of nitrogens with one attached hydrogen (secondary N) is 1. The van der Waals surface area contributed by atoms with Crippen molar-refractivity contribution in [3.05, 3.63) is 22.7 Å². The third kappa shape index (κ3) is 5.76. The topological polar surface area (TPSA) is 75.2 Å². The molecule has 0 aliphatic heterocycles. The summed E-state index contributed by atoms with van der Waals surface area (Å²) in [5, 5.41) is 3.10. The molecule has 0 bridgehead atoms. The molecule has 0 unspecified atom stereocenters. The van der Waals surface area contributed by atoms with Gasteiger partial charge in [-0.25, -0.2) is 9.97 Å². The van der Waals surface area contributed by atoms with Crippen molar-refractivity contribution < 1.29 is 9.59 Å². The molecule has 0 atom stereocenters. The number of amides is 2. The molecule has 25 heavy (non-hydrogen) atoms. The van der Waals surface area contributed by atoms with E-state index in [0.717, 1.165) is 30.2 Å². The molecule has 1 aromatic rings. The Bertz CT molecular complexity index is 604. The van der Waals surface area contributed by atoms with Gasteiger partial charge >= 0.3 is 0 Å². The van der Waals surface area contributed by atoms with Crippen LogP contribution < -0.4 is 5.32 Å². The first-order valence-electron chi connectivity index (χ1n) is 8.69. The summed E-state index contributed by atoms with van der Waals surface area (Å²) >= 11 is 3.30. The highest BCUT2D eigenvalue weighted by Gasteiger charge is 2.31. The maximum Gasteiger partial charge on any atom is 0.225 e. The first-order chi connectivity index (χ1) is 11.7. The van der Waals surface area contributed by atoms with Gasteiger partial charge in [-0.3, -0.25) is 9.59 Å². The normalized spacial score (nSPS) is 20.8. The Morgan fingerprint density at radius 1 is 1.20 bits per heavy atom. The predicted octanol–water partition coefficient (Wildman–Crippen LogP) is 2.92. The van der Waals surface area contributed by atoms with E-state index in [-0.39, 0.29) is 29.2 Å². The summed E-state index contributed by atoms with van der Waals surface area (Å²) in [4.78, 5) is 34.8. The molecule has 1 saturated carbocycles. The number of carbonyl (C=O) groups excluding carboxylic acids is 2. The minimum Gasteiger partial charge on any atom is -0.353 e. The van der Waals surface area contributed by atoms with Gasteiger partial charge in [0.15, 0.2) is 0 Å². The van der Waals surface area contributed by atoms with E-state index in [2.05, 4.69) is 31.2 Å². The van der Waals surface area contributed by atoms with Crippen molar-refractivity contribution in [3.63, 3.8) is 0 Å². The van der Waals surface area contributed by atoms with Crippen LogP contribution in [0.25, 0.3) is 0 Å². The standard InChI is InChI=1S/C18H27BrN4O2/c1-18(2,3)17(25)22-14-7-5-12(6-8-14)16(24)23(4)11-15-20-9-13(19)10-21-15/h9-10,12,14H,5-8,11H2,1-4H3,(H,22,25). The Morgan fingerprint density at radius 3 is 2.28 bits per heavy atom. The fourth-order valence-electron chi connectivity index (χ4n) is 2.91. The SMILES string of the molecule is CN(Cc1ncc(Br)cn1)C(=O)C1CCC(NC(=O)C(C)(C)C)CC1. The molecule has 6 nitrogen and oxygen atoms in total. The average molecular weight is 411 g/mol. The molecule has 0 radical (unpaired) electrons. The van der Waals surface area contributed by atoms with Gasteiger partial charge in [0, 0.05) is 36.8 Å². The zero-order chi connectivity index (χ0) is 18.6. The number of rotatable bonds is 4. The molecule has 0 aromatic carbocycles. The molecule has 7 heteroatoms. The Labute approximate surface area is 157 Å². The Hall–Kier alpha value is -1.50. The molecule has 1 N–H and O–H groups in total. The molecule has 138 valence electrons. The van der Waals surface area contributed by atoms with Crippen LogP contribution in [0.15, 0.2) is 16.9 Å². The first kappa shape index (κ1) is 19.8. The summed E-state index contributed by atoms with van der Waals surface area (Å²) in [5.41, 5.74) is -0.377. The number of carbonyl (C=O) groups is 2. The minimum absolute atomic E-state index is 0.0169. The Balaban J connectivity index is 1.82. The molecule has 1 aliphatic rings. The van der Waals surface area contributed by atoms with Gasteiger partial charge in [0.05, 0.1) is 11.0 Å². The highest BCUT2D eigenvalue weighted by Crippen LogP contribution is 2.27. The van der Waals surface area contributed by atoms with Crippen LogP contribution >= 0.6 is 15.9 Å². The maximum atomic E-state index is 12.6. The van der Waals surface area contributed by atoms with E-state index in [1.54, 1.807) is 24.3 Å². The van der Waals surface area contributed by atoms with Crippen LogP contribution in [0.2, 0.25) is 0 Å². The zero-order valence-electron chi connectivity index (χ0n) is 15.4. The molecular weight excluding hydrogens is 384 g/mol. The molecule has 2 rings (SSSR count). The largest absolute Gasteiger partial charge is 0.353 e. The number of hydrogen-bond acceptors (Lipinski definition) is 4. The monoisotopic (exact) mass is 410 g/mol. The molecule has 0 spiro atoms. The van der Waals surface area contributed by atoms with Gasteiger partial charge in [-0.2, -0.15) is 0 Å². The van der Waals surface area contributed by atoms with E-state index < -0.39 is 0 Å². The number of aromatic nitrogens is 2. The van der Waals surface area contributed by atoms with Crippen LogP contribution in [-0.2, 0) is 16.1 Å². The van der Waals surface area contributed by atoms with Crippen LogP contribution in [0.1, 0.15) is 52.3 Å². The van der Waals surface area contributed by atoms with Crippen LogP contribution in [0.5, 0.6) is 0 Å². The maximum absolute atomic E-state index is 12.6. The third-order valence-electron chi connectivity index (χ3n) is 4.52.